The molecule has 0 radical (unpaired) electrons. The zero-order valence-electron chi connectivity index (χ0n) is 31.0. The molecule has 3 heterocycles. The zero-order chi connectivity index (χ0) is 38.7. The van der Waals surface area contributed by atoms with Crippen molar-refractivity contribution >= 4 is 66.8 Å². The molecule has 6 heteroatoms. The fourth-order valence-corrected chi connectivity index (χ4v) is 8.56. The van der Waals surface area contributed by atoms with Crippen molar-refractivity contribution in [3.05, 3.63) is 204 Å². The van der Waals surface area contributed by atoms with Gasteiger partial charge in [0.15, 0.2) is 5.82 Å². The van der Waals surface area contributed by atoms with E-state index < -0.39 is 0 Å². The molecule has 0 aliphatic heterocycles. The van der Waals surface area contributed by atoms with Gasteiger partial charge in [-0.25, -0.2) is 9.97 Å². The summed E-state index contributed by atoms with van der Waals surface area (Å²) in [6.45, 7) is 0. The number of halogens is 2. The summed E-state index contributed by atoms with van der Waals surface area (Å²) in [5, 5.41) is 6.24. The van der Waals surface area contributed by atoms with Crippen LogP contribution < -0.4 is 0 Å². The highest BCUT2D eigenvalue weighted by atomic mass is 35.5. The standard InChI is InChI=1S/C52H32Cl2N4/c53-38-22-14-33(15-23-38)46-32-47(34-16-24-39(54)25-17-34)56-52(55-46)35-18-26-41(27-19-35)58-48-12-6-4-10-42(48)44-28-20-37(31-51(44)58)36-21-29-50-45(30-36)43-11-5-7-13-49(43)57(50)40-8-2-1-3-9-40/h1-32H. The number of hydrogen-bond acceptors (Lipinski definition) is 2. The Morgan fingerprint density at radius 1 is 0.310 bits per heavy atom. The molecule has 3 aromatic heterocycles. The van der Waals surface area contributed by atoms with Crippen molar-refractivity contribution in [3.8, 4) is 56.4 Å². The van der Waals surface area contributed by atoms with E-state index >= 15 is 0 Å². The fourth-order valence-electron chi connectivity index (χ4n) is 8.31. The SMILES string of the molecule is Clc1ccc(-c2cc(-c3ccc(Cl)cc3)nc(-c3ccc(-n4c5ccccc5c5ccc(-c6ccc7c(c6)c6ccccc6n7-c6ccccc6)cc54)cc3)n2)cc1. The molecule has 274 valence electrons. The molecular formula is C52H32Cl2N4. The Labute approximate surface area is 344 Å². The van der Waals surface area contributed by atoms with Crippen LogP contribution in [0.5, 0.6) is 0 Å². The molecule has 8 aromatic carbocycles. The molecule has 0 atom stereocenters. The normalized spacial score (nSPS) is 11.6. The van der Waals surface area contributed by atoms with E-state index in [1.807, 2.05) is 54.6 Å². The van der Waals surface area contributed by atoms with Gasteiger partial charge in [0.25, 0.3) is 0 Å². The van der Waals surface area contributed by atoms with Gasteiger partial charge < -0.3 is 9.13 Å². The lowest BCUT2D eigenvalue weighted by molar-refractivity contribution is 1.16. The lowest BCUT2D eigenvalue weighted by Crippen LogP contribution is -1.97. The third-order valence-corrected chi connectivity index (χ3v) is 11.6. The molecule has 0 fully saturated rings. The van der Waals surface area contributed by atoms with Gasteiger partial charge in [-0.3, -0.25) is 0 Å². The predicted octanol–water partition coefficient (Wildman–Crippen LogP) is 14.6. The molecule has 11 rings (SSSR count). The Morgan fingerprint density at radius 2 is 0.759 bits per heavy atom. The highest BCUT2D eigenvalue weighted by Crippen LogP contribution is 2.39. The van der Waals surface area contributed by atoms with E-state index in [1.54, 1.807) is 0 Å². The van der Waals surface area contributed by atoms with Crippen molar-refractivity contribution in [2.75, 3.05) is 0 Å². The summed E-state index contributed by atoms with van der Waals surface area (Å²) in [5.74, 6) is 0.637. The molecule has 4 nitrogen and oxygen atoms in total. The quantitative estimate of drug-likeness (QED) is 0.168. The summed E-state index contributed by atoms with van der Waals surface area (Å²) in [6.07, 6.45) is 0. The average molecular weight is 784 g/mol. The molecule has 11 aromatic rings. The van der Waals surface area contributed by atoms with E-state index in [0.717, 1.165) is 56.0 Å². The van der Waals surface area contributed by atoms with Crippen LogP contribution in [0.4, 0.5) is 0 Å². The van der Waals surface area contributed by atoms with E-state index in [9.17, 15) is 0 Å². The van der Waals surface area contributed by atoms with E-state index in [2.05, 4.69) is 149 Å². The minimum Gasteiger partial charge on any atom is -0.309 e. The largest absolute Gasteiger partial charge is 0.309 e. The molecule has 0 unspecified atom stereocenters. The first-order valence-electron chi connectivity index (χ1n) is 19.2. The summed E-state index contributed by atoms with van der Waals surface area (Å²) in [5.41, 5.74) is 13.7. The Kier molecular flexibility index (Phi) is 8.21. The maximum Gasteiger partial charge on any atom is 0.160 e. The molecular weight excluding hydrogens is 752 g/mol. The first-order chi connectivity index (χ1) is 28.6. The van der Waals surface area contributed by atoms with Crippen molar-refractivity contribution < 1.29 is 0 Å². The van der Waals surface area contributed by atoms with E-state index in [0.29, 0.717) is 15.9 Å². The first kappa shape index (κ1) is 34.3. The van der Waals surface area contributed by atoms with Gasteiger partial charge in [0.1, 0.15) is 0 Å². The van der Waals surface area contributed by atoms with Crippen LogP contribution in [0.2, 0.25) is 10.0 Å². The van der Waals surface area contributed by atoms with Crippen LogP contribution in [0.15, 0.2) is 194 Å². The number of aromatic nitrogens is 4. The topological polar surface area (TPSA) is 35.6 Å². The van der Waals surface area contributed by atoms with E-state index in [-0.39, 0.29) is 0 Å². The Morgan fingerprint density at radius 3 is 1.40 bits per heavy atom. The first-order valence-corrected chi connectivity index (χ1v) is 20.0. The minimum absolute atomic E-state index is 0.637. The van der Waals surface area contributed by atoms with Gasteiger partial charge in [-0.1, -0.05) is 120 Å². The molecule has 0 aliphatic carbocycles. The zero-order valence-corrected chi connectivity index (χ0v) is 32.5. The maximum absolute atomic E-state index is 6.25. The van der Waals surface area contributed by atoms with Gasteiger partial charge in [0, 0.05) is 59.7 Å². The number of para-hydroxylation sites is 3. The highest BCUT2D eigenvalue weighted by Gasteiger charge is 2.17. The van der Waals surface area contributed by atoms with Gasteiger partial charge >= 0.3 is 0 Å². The number of benzene rings is 8. The summed E-state index contributed by atoms with van der Waals surface area (Å²) in [4.78, 5) is 10.1. The highest BCUT2D eigenvalue weighted by molar-refractivity contribution is 6.31. The second-order valence-corrected chi connectivity index (χ2v) is 15.4. The van der Waals surface area contributed by atoms with Gasteiger partial charge in [-0.2, -0.15) is 0 Å². The molecule has 0 amide bonds. The molecule has 0 aliphatic rings. The third kappa shape index (κ3) is 5.85. The number of hydrogen-bond donors (Lipinski definition) is 0. The summed E-state index contributed by atoms with van der Waals surface area (Å²) < 4.78 is 4.72. The van der Waals surface area contributed by atoms with Crippen LogP contribution in [-0.2, 0) is 0 Å². The average Bonchev–Trinajstić information content (AvgIpc) is 3.79. The Balaban J connectivity index is 1.03. The van der Waals surface area contributed by atoms with Crippen molar-refractivity contribution in [2.45, 2.75) is 0 Å². The van der Waals surface area contributed by atoms with Crippen molar-refractivity contribution in [1.29, 1.82) is 0 Å². The lowest BCUT2D eigenvalue weighted by atomic mass is 10.0. The van der Waals surface area contributed by atoms with Crippen LogP contribution in [0, 0.1) is 0 Å². The van der Waals surface area contributed by atoms with Crippen LogP contribution in [0.1, 0.15) is 0 Å². The van der Waals surface area contributed by atoms with Crippen LogP contribution in [0.3, 0.4) is 0 Å². The van der Waals surface area contributed by atoms with Gasteiger partial charge in [0.2, 0.25) is 0 Å². The third-order valence-electron chi connectivity index (χ3n) is 11.1. The monoisotopic (exact) mass is 782 g/mol. The molecule has 0 saturated carbocycles. The van der Waals surface area contributed by atoms with Crippen LogP contribution >= 0.6 is 23.2 Å². The van der Waals surface area contributed by atoms with Gasteiger partial charge in [-0.15, -0.1) is 0 Å². The number of nitrogens with zero attached hydrogens (tertiary/aromatic N) is 4. The van der Waals surface area contributed by atoms with E-state index in [1.165, 1.54) is 38.1 Å². The maximum atomic E-state index is 6.25. The van der Waals surface area contributed by atoms with Crippen molar-refractivity contribution in [3.63, 3.8) is 0 Å². The van der Waals surface area contributed by atoms with Crippen molar-refractivity contribution in [2.24, 2.45) is 0 Å². The Bertz CT molecular complexity index is 3270. The number of rotatable bonds is 6. The predicted molar refractivity (Wildman–Crippen MR) is 242 cm³/mol. The van der Waals surface area contributed by atoms with E-state index in [4.69, 9.17) is 33.2 Å². The molecule has 58 heavy (non-hydrogen) atoms. The second-order valence-electron chi connectivity index (χ2n) is 14.5. The second kappa shape index (κ2) is 13.9. The van der Waals surface area contributed by atoms with Crippen LogP contribution in [-0.4, -0.2) is 19.1 Å². The van der Waals surface area contributed by atoms with Gasteiger partial charge in [-0.05, 0) is 108 Å². The molecule has 0 spiro atoms. The minimum atomic E-state index is 0.637. The molecule has 0 N–H and O–H groups in total. The Hall–Kier alpha value is -6.98. The summed E-state index contributed by atoms with van der Waals surface area (Å²) >= 11 is 12.5. The smallest absolute Gasteiger partial charge is 0.160 e. The van der Waals surface area contributed by atoms with Crippen molar-refractivity contribution in [1.82, 2.24) is 19.1 Å². The molecule has 0 bridgehead atoms. The molecule has 0 saturated heterocycles. The fraction of sp³-hybridized carbons (Fsp3) is 0. The summed E-state index contributed by atoms with van der Waals surface area (Å²) in [7, 11) is 0. The van der Waals surface area contributed by atoms with Crippen LogP contribution in [0.25, 0.3) is 100 Å². The lowest BCUT2D eigenvalue weighted by Gasteiger charge is -2.12. The van der Waals surface area contributed by atoms with Gasteiger partial charge in [0.05, 0.1) is 33.5 Å². The number of fused-ring (bicyclic) bond motifs is 6. The summed E-state index contributed by atoms with van der Waals surface area (Å²) in [6, 6.07) is 67.7.